The van der Waals surface area contributed by atoms with Crippen molar-refractivity contribution in [1.29, 1.82) is 0 Å². The Balaban J connectivity index is 2.72. The number of pyridine rings is 1. The second-order valence-corrected chi connectivity index (χ2v) is 3.57. The van der Waals surface area contributed by atoms with Gasteiger partial charge in [-0.3, -0.25) is 4.79 Å². The molecule has 0 atom stereocenters. The number of carbonyl (C=O) groups is 1. The maximum atomic E-state index is 10.5. The van der Waals surface area contributed by atoms with Crippen LogP contribution in [0.4, 0.5) is 5.82 Å². The maximum Gasteiger partial charge on any atom is 0.305 e. The molecule has 0 unspecified atom stereocenters. The van der Waals surface area contributed by atoms with Gasteiger partial charge < -0.3 is 10.0 Å². The summed E-state index contributed by atoms with van der Waals surface area (Å²) < 4.78 is 0. The van der Waals surface area contributed by atoms with Gasteiger partial charge in [-0.15, -0.1) is 6.58 Å². The van der Waals surface area contributed by atoms with E-state index >= 15 is 0 Å². The molecule has 86 valence electrons. The lowest BCUT2D eigenvalue weighted by Gasteiger charge is -2.21. The molecule has 16 heavy (non-hydrogen) atoms. The summed E-state index contributed by atoms with van der Waals surface area (Å²) >= 11 is 0. The summed E-state index contributed by atoms with van der Waals surface area (Å²) in [4.78, 5) is 16.7. The summed E-state index contributed by atoms with van der Waals surface area (Å²) in [5.74, 6) is -0.0204. The Morgan fingerprint density at radius 1 is 1.62 bits per heavy atom. The highest BCUT2D eigenvalue weighted by molar-refractivity contribution is 5.67. The summed E-state index contributed by atoms with van der Waals surface area (Å²) in [5.41, 5.74) is 1.08. The molecule has 0 amide bonds. The summed E-state index contributed by atoms with van der Waals surface area (Å²) in [7, 11) is 0. The minimum atomic E-state index is -0.804. The van der Waals surface area contributed by atoms with Crippen LogP contribution in [0.25, 0.3) is 0 Å². The van der Waals surface area contributed by atoms with E-state index in [1.54, 1.807) is 12.3 Å². The summed E-state index contributed by atoms with van der Waals surface area (Å²) in [5, 5.41) is 8.65. The van der Waals surface area contributed by atoms with E-state index in [2.05, 4.69) is 11.6 Å². The number of carboxylic acid groups (broad SMARTS) is 1. The molecule has 0 radical (unpaired) electrons. The number of hydrogen-bond donors (Lipinski definition) is 1. The number of aliphatic carboxylic acids is 1. The lowest BCUT2D eigenvalue weighted by Crippen LogP contribution is -2.27. The van der Waals surface area contributed by atoms with Crippen molar-refractivity contribution < 1.29 is 9.90 Å². The Labute approximate surface area is 95.2 Å². The van der Waals surface area contributed by atoms with Crippen molar-refractivity contribution in [2.24, 2.45) is 0 Å². The number of rotatable bonds is 6. The topological polar surface area (TPSA) is 53.4 Å². The first-order chi connectivity index (χ1) is 7.63. The second kappa shape index (κ2) is 5.90. The van der Waals surface area contributed by atoms with Gasteiger partial charge in [0.15, 0.2) is 0 Å². The van der Waals surface area contributed by atoms with Gasteiger partial charge in [0.25, 0.3) is 0 Å². The summed E-state index contributed by atoms with van der Waals surface area (Å²) in [6.45, 7) is 6.66. The van der Waals surface area contributed by atoms with E-state index in [0.29, 0.717) is 13.1 Å². The van der Waals surface area contributed by atoms with Gasteiger partial charge >= 0.3 is 5.97 Å². The summed E-state index contributed by atoms with van der Waals surface area (Å²) in [6, 6.07) is 3.85. The number of carboxylic acids is 1. The maximum absolute atomic E-state index is 10.5. The molecule has 1 aromatic heterocycles. The standard InChI is InChI=1S/C12H16N2O2/c1-3-7-14(8-6-12(15)16)11-5-4-10(2)9-13-11/h3-5,9H,1,6-8H2,2H3,(H,15,16). The normalized spacial score (nSPS) is 9.81. The molecule has 0 aliphatic rings. The highest BCUT2D eigenvalue weighted by atomic mass is 16.4. The second-order valence-electron chi connectivity index (χ2n) is 3.57. The fourth-order valence-corrected chi connectivity index (χ4v) is 1.33. The van der Waals surface area contributed by atoms with Crippen molar-refractivity contribution in [2.45, 2.75) is 13.3 Å². The highest BCUT2D eigenvalue weighted by Crippen LogP contribution is 2.11. The zero-order valence-corrected chi connectivity index (χ0v) is 9.39. The molecule has 4 heteroatoms. The van der Waals surface area contributed by atoms with E-state index in [-0.39, 0.29) is 6.42 Å². The number of aromatic nitrogens is 1. The molecule has 0 aliphatic carbocycles. The molecule has 0 fully saturated rings. The van der Waals surface area contributed by atoms with Gasteiger partial charge in [-0.1, -0.05) is 12.1 Å². The molecule has 0 saturated heterocycles. The largest absolute Gasteiger partial charge is 0.481 e. The van der Waals surface area contributed by atoms with E-state index in [4.69, 9.17) is 5.11 Å². The third kappa shape index (κ3) is 3.73. The number of hydrogen-bond acceptors (Lipinski definition) is 3. The molecule has 0 spiro atoms. The van der Waals surface area contributed by atoms with Crippen molar-refractivity contribution in [3.63, 3.8) is 0 Å². The van der Waals surface area contributed by atoms with Crippen molar-refractivity contribution in [3.05, 3.63) is 36.5 Å². The molecule has 0 saturated carbocycles. The minimum absolute atomic E-state index is 0.101. The van der Waals surface area contributed by atoms with Crippen LogP contribution in [-0.2, 0) is 4.79 Å². The third-order valence-electron chi connectivity index (χ3n) is 2.16. The monoisotopic (exact) mass is 220 g/mol. The predicted octanol–water partition coefficient (Wildman–Crippen LogP) is 1.86. The Morgan fingerprint density at radius 2 is 2.38 bits per heavy atom. The molecule has 0 aromatic carbocycles. The minimum Gasteiger partial charge on any atom is -0.481 e. The van der Waals surface area contributed by atoms with Gasteiger partial charge in [0.05, 0.1) is 6.42 Å². The van der Waals surface area contributed by atoms with Crippen LogP contribution in [0.15, 0.2) is 31.0 Å². The molecule has 1 N–H and O–H groups in total. The van der Waals surface area contributed by atoms with Crippen molar-refractivity contribution in [2.75, 3.05) is 18.0 Å². The quantitative estimate of drug-likeness (QED) is 0.743. The SMILES string of the molecule is C=CCN(CCC(=O)O)c1ccc(C)cn1. The number of nitrogens with zero attached hydrogens (tertiary/aromatic N) is 2. The lowest BCUT2D eigenvalue weighted by molar-refractivity contribution is -0.136. The van der Waals surface area contributed by atoms with Gasteiger partial charge in [0.2, 0.25) is 0 Å². The fourth-order valence-electron chi connectivity index (χ4n) is 1.33. The van der Waals surface area contributed by atoms with Crippen LogP contribution in [0.1, 0.15) is 12.0 Å². The van der Waals surface area contributed by atoms with Crippen LogP contribution < -0.4 is 4.90 Å². The Hall–Kier alpha value is -1.84. The van der Waals surface area contributed by atoms with Crippen LogP contribution in [0, 0.1) is 6.92 Å². The number of anilines is 1. The Morgan fingerprint density at radius 3 is 2.88 bits per heavy atom. The highest BCUT2D eigenvalue weighted by Gasteiger charge is 2.07. The Bertz CT molecular complexity index is 360. The first-order valence-electron chi connectivity index (χ1n) is 5.14. The van der Waals surface area contributed by atoms with Crippen molar-refractivity contribution in [3.8, 4) is 0 Å². The Kier molecular flexibility index (Phi) is 4.51. The molecule has 0 bridgehead atoms. The average Bonchev–Trinajstić information content (AvgIpc) is 2.25. The first kappa shape index (κ1) is 12.2. The van der Waals surface area contributed by atoms with Crippen LogP contribution in [0.5, 0.6) is 0 Å². The van der Waals surface area contributed by atoms with Crippen molar-refractivity contribution >= 4 is 11.8 Å². The van der Waals surface area contributed by atoms with Gasteiger partial charge in [-0.25, -0.2) is 4.98 Å². The molecular weight excluding hydrogens is 204 g/mol. The third-order valence-corrected chi connectivity index (χ3v) is 2.16. The van der Waals surface area contributed by atoms with E-state index in [1.807, 2.05) is 24.0 Å². The molecule has 1 rings (SSSR count). The number of aryl methyl sites for hydroxylation is 1. The fraction of sp³-hybridized carbons (Fsp3) is 0.333. The van der Waals surface area contributed by atoms with E-state index in [9.17, 15) is 4.79 Å². The molecule has 1 aromatic rings. The van der Waals surface area contributed by atoms with Crippen molar-refractivity contribution in [1.82, 2.24) is 4.98 Å². The van der Waals surface area contributed by atoms with Crippen LogP contribution in [0.2, 0.25) is 0 Å². The zero-order chi connectivity index (χ0) is 12.0. The zero-order valence-electron chi connectivity index (χ0n) is 9.39. The van der Waals surface area contributed by atoms with Crippen LogP contribution in [0.3, 0.4) is 0 Å². The van der Waals surface area contributed by atoms with E-state index in [1.165, 1.54) is 0 Å². The predicted molar refractivity (Wildman–Crippen MR) is 63.6 cm³/mol. The molecular formula is C12H16N2O2. The van der Waals surface area contributed by atoms with E-state index < -0.39 is 5.97 Å². The van der Waals surface area contributed by atoms with Gasteiger partial charge in [-0.05, 0) is 18.6 Å². The lowest BCUT2D eigenvalue weighted by atomic mass is 10.3. The van der Waals surface area contributed by atoms with Crippen LogP contribution in [-0.4, -0.2) is 29.1 Å². The smallest absolute Gasteiger partial charge is 0.305 e. The van der Waals surface area contributed by atoms with Gasteiger partial charge in [-0.2, -0.15) is 0 Å². The molecule has 1 heterocycles. The average molecular weight is 220 g/mol. The summed E-state index contributed by atoms with van der Waals surface area (Å²) in [6.07, 6.45) is 3.61. The van der Waals surface area contributed by atoms with Gasteiger partial charge in [0.1, 0.15) is 5.82 Å². The van der Waals surface area contributed by atoms with Gasteiger partial charge in [0, 0.05) is 19.3 Å². The van der Waals surface area contributed by atoms with E-state index in [0.717, 1.165) is 11.4 Å². The molecule has 4 nitrogen and oxygen atoms in total. The van der Waals surface area contributed by atoms with Crippen LogP contribution >= 0.6 is 0 Å². The molecule has 0 aliphatic heterocycles. The first-order valence-corrected chi connectivity index (χ1v) is 5.14.